The molecule has 1 N–H and O–H groups in total. The summed E-state index contributed by atoms with van der Waals surface area (Å²) >= 11 is 3.35. The quantitative estimate of drug-likeness (QED) is 0.433. The fourth-order valence-electron chi connectivity index (χ4n) is 3.62. The zero-order valence-electron chi connectivity index (χ0n) is 17.3. The number of hydrogen-bond acceptors (Lipinski definition) is 4. The van der Waals surface area contributed by atoms with Gasteiger partial charge in [0.05, 0.1) is 13.2 Å². The average Bonchev–Trinajstić information content (AvgIpc) is 3.16. The first-order chi connectivity index (χ1) is 15.5. The van der Waals surface area contributed by atoms with E-state index in [1.165, 1.54) is 0 Å². The Morgan fingerprint density at radius 1 is 1.12 bits per heavy atom. The maximum Gasteiger partial charge on any atom is 0.266 e. The Balaban J connectivity index is 1.60. The summed E-state index contributed by atoms with van der Waals surface area (Å²) in [7, 11) is 0. The summed E-state index contributed by atoms with van der Waals surface area (Å²) < 4.78 is 8.08. The first kappa shape index (κ1) is 21.8. The number of anilines is 1. The SMILES string of the molecule is N#C/C(=C\c1cn(CC(=O)N2CCOCC2)c2ccccc12)C(=O)Nc1ccc(Br)cc1. The van der Waals surface area contributed by atoms with Gasteiger partial charge in [-0.2, -0.15) is 5.26 Å². The van der Waals surface area contributed by atoms with Gasteiger partial charge in [-0.15, -0.1) is 0 Å². The lowest BCUT2D eigenvalue weighted by Crippen LogP contribution is -2.42. The number of ether oxygens (including phenoxy) is 1. The molecule has 0 saturated carbocycles. The molecule has 0 bridgehead atoms. The highest BCUT2D eigenvalue weighted by atomic mass is 79.9. The zero-order valence-corrected chi connectivity index (χ0v) is 18.8. The summed E-state index contributed by atoms with van der Waals surface area (Å²) in [5.74, 6) is -0.478. The Bertz CT molecular complexity index is 1220. The molecule has 1 aromatic heterocycles. The van der Waals surface area contributed by atoms with Crippen LogP contribution < -0.4 is 5.32 Å². The van der Waals surface area contributed by atoms with Gasteiger partial charge < -0.3 is 19.5 Å². The smallest absolute Gasteiger partial charge is 0.266 e. The van der Waals surface area contributed by atoms with E-state index in [2.05, 4.69) is 21.2 Å². The van der Waals surface area contributed by atoms with Crippen molar-refractivity contribution in [1.82, 2.24) is 9.47 Å². The Kier molecular flexibility index (Phi) is 6.69. The first-order valence-corrected chi connectivity index (χ1v) is 11.0. The molecule has 1 saturated heterocycles. The molecule has 0 unspecified atom stereocenters. The first-order valence-electron chi connectivity index (χ1n) is 10.2. The minimum atomic E-state index is -0.490. The van der Waals surface area contributed by atoms with Gasteiger partial charge in [0.15, 0.2) is 0 Å². The second-order valence-corrected chi connectivity index (χ2v) is 8.27. The van der Waals surface area contributed by atoms with Crippen LogP contribution in [0.5, 0.6) is 0 Å². The highest BCUT2D eigenvalue weighted by Gasteiger charge is 2.19. The van der Waals surface area contributed by atoms with Crippen LogP contribution in [-0.2, 0) is 20.9 Å². The Labute approximate surface area is 194 Å². The molecule has 2 aromatic carbocycles. The summed E-state index contributed by atoms with van der Waals surface area (Å²) in [6, 6.07) is 16.7. The zero-order chi connectivity index (χ0) is 22.5. The highest BCUT2D eigenvalue weighted by molar-refractivity contribution is 9.10. The lowest BCUT2D eigenvalue weighted by atomic mass is 10.1. The van der Waals surface area contributed by atoms with Crippen LogP contribution in [0.3, 0.4) is 0 Å². The molecule has 1 fully saturated rings. The minimum absolute atomic E-state index is 0.0121. The topological polar surface area (TPSA) is 87.4 Å². The molecule has 0 radical (unpaired) electrons. The van der Waals surface area contributed by atoms with Crippen LogP contribution in [0.25, 0.3) is 17.0 Å². The number of carbonyl (C=O) groups is 2. The molecule has 0 atom stereocenters. The van der Waals surface area contributed by atoms with Gasteiger partial charge in [0.1, 0.15) is 18.2 Å². The van der Waals surface area contributed by atoms with Gasteiger partial charge in [0.2, 0.25) is 5.91 Å². The largest absolute Gasteiger partial charge is 0.378 e. The number of para-hydroxylation sites is 1. The second-order valence-electron chi connectivity index (χ2n) is 7.35. The maximum atomic E-state index is 12.7. The van der Waals surface area contributed by atoms with Crippen molar-refractivity contribution in [3.8, 4) is 6.07 Å². The predicted octanol–water partition coefficient (Wildman–Crippen LogP) is 3.81. The number of rotatable bonds is 5. The van der Waals surface area contributed by atoms with E-state index in [0.29, 0.717) is 37.6 Å². The van der Waals surface area contributed by atoms with E-state index in [-0.39, 0.29) is 18.0 Å². The molecule has 4 rings (SSSR count). The average molecular weight is 493 g/mol. The summed E-state index contributed by atoms with van der Waals surface area (Å²) in [4.78, 5) is 27.2. The lowest BCUT2D eigenvalue weighted by Gasteiger charge is -2.27. The van der Waals surface area contributed by atoms with Crippen LogP contribution in [0, 0.1) is 11.3 Å². The Hall–Kier alpha value is -3.41. The van der Waals surface area contributed by atoms with Crippen molar-refractivity contribution in [1.29, 1.82) is 5.26 Å². The number of nitrogens with zero attached hydrogens (tertiary/aromatic N) is 3. The summed E-state index contributed by atoms with van der Waals surface area (Å²) in [5, 5.41) is 13.2. The summed E-state index contributed by atoms with van der Waals surface area (Å²) in [6.07, 6.45) is 3.37. The monoisotopic (exact) mass is 492 g/mol. The van der Waals surface area contributed by atoms with E-state index < -0.39 is 5.91 Å². The van der Waals surface area contributed by atoms with E-state index >= 15 is 0 Å². The van der Waals surface area contributed by atoms with Gasteiger partial charge in [-0.1, -0.05) is 34.1 Å². The van der Waals surface area contributed by atoms with Gasteiger partial charge in [-0.05, 0) is 36.4 Å². The van der Waals surface area contributed by atoms with E-state index in [1.54, 1.807) is 23.1 Å². The molecular formula is C24H21BrN4O3. The van der Waals surface area contributed by atoms with Gasteiger partial charge >= 0.3 is 0 Å². The van der Waals surface area contributed by atoms with Crippen LogP contribution in [-0.4, -0.2) is 47.6 Å². The molecule has 2 amide bonds. The van der Waals surface area contributed by atoms with E-state index in [1.807, 2.05) is 53.2 Å². The number of amides is 2. The fraction of sp³-hybridized carbons (Fsp3) is 0.208. The van der Waals surface area contributed by atoms with Gasteiger partial charge in [-0.3, -0.25) is 9.59 Å². The van der Waals surface area contributed by atoms with Gasteiger partial charge in [-0.25, -0.2) is 0 Å². The highest BCUT2D eigenvalue weighted by Crippen LogP contribution is 2.24. The number of hydrogen-bond donors (Lipinski definition) is 1. The number of nitrogens with one attached hydrogen (secondary N) is 1. The van der Waals surface area contributed by atoms with E-state index in [0.717, 1.165) is 15.4 Å². The number of benzene rings is 2. The van der Waals surface area contributed by atoms with Gasteiger partial charge in [0.25, 0.3) is 5.91 Å². The van der Waals surface area contributed by atoms with Crippen molar-refractivity contribution < 1.29 is 14.3 Å². The number of aromatic nitrogens is 1. The van der Waals surface area contributed by atoms with Crippen molar-refractivity contribution in [3.63, 3.8) is 0 Å². The molecule has 3 aromatic rings. The third-order valence-electron chi connectivity index (χ3n) is 5.26. The van der Waals surface area contributed by atoms with Gasteiger partial charge in [0, 0.05) is 45.9 Å². The van der Waals surface area contributed by atoms with Crippen molar-refractivity contribution in [2.24, 2.45) is 0 Å². The second kappa shape index (κ2) is 9.81. The van der Waals surface area contributed by atoms with Crippen LogP contribution in [0.1, 0.15) is 5.56 Å². The minimum Gasteiger partial charge on any atom is -0.378 e. The number of nitriles is 1. The van der Waals surface area contributed by atoms with Crippen molar-refractivity contribution in [3.05, 3.63) is 70.3 Å². The summed E-state index contributed by atoms with van der Waals surface area (Å²) in [6.45, 7) is 2.44. The van der Waals surface area contributed by atoms with Crippen LogP contribution >= 0.6 is 15.9 Å². The number of carbonyl (C=O) groups excluding carboxylic acids is 2. The van der Waals surface area contributed by atoms with E-state index in [4.69, 9.17) is 4.74 Å². The number of halogens is 1. The van der Waals surface area contributed by atoms with Crippen molar-refractivity contribution in [2.75, 3.05) is 31.6 Å². The predicted molar refractivity (Wildman–Crippen MR) is 126 cm³/mol. The number of morpholine rings is 1. The Morgan fingerprint density at radius 2 is 1.84 bits per heavy atom. The molecule has 162 valence electrons. The summed E-state index contributed by atoms with van der Waals surface area (Å²) in [5.41, 5.74) is 2.15. The van der Waals surface area contributed by atoms with Crippen molar-refractivity contribution >= 4 is 50.4 Å². The molecule has 8 heteroatoms. The fourth-order valence-corrected chi connectivity index (χ4v) is 3.88. The Morgan fingerprint density at radius 3 is 2.56 bits per heavy atom. The van der Waals surface area contributed by atoms with Crippen LogP contribution in [0.2, 0.25) is 0 Å². The maximum absolute atomic E-state index is 12.7. The third-order valence-corrected chi connectivity index (χ3v) is 5.78. The van der Waals surface area contributed by atoms with Crippen LogP contribution in [0.4, 0.5) is 5.69 Å². The molecule has 2 heterocycles. The molecule has 0 aliphatic carbocycles. The van der Waals surface area contributed by atoms with Crippen LogP contribution in [0.15, 0.2) is 64.8 Å². The van der Waals surface area contributed by atoms with Crippen molar-refractivity contribution in [2.45, 2.75) is 6.54 Å². The molecule has 0 spiro atoms. The third kappa shape index (κ3) is 4.90. The molecule has 32 heavy (non-hydrogen) atoms. The molecule has 1 aliphatic rings. The molecule has 7 nitrogen and oxygen atoms in total. The number of fused-ring (bicyclic) bond motifs is 1. The normalized spacial score (nSPS) is 14.2. The van der Waals surface area contributed by atoms with E-state index in [9.17, 15) is 14.9 Å². The standard InChI is InChI=1S/C24H21BrN4O3/c25-19-5-7-20(8-6-19)27-24(31)17(14-26)13-18-15-29(22-4-2-1-3-21(18)22)16-23(30)28-9-11-32-12-10-28/h1-8,13,15H,9-12,16H2,(H,27,31)/b17-13+. The molecular weight excluding hydrogens is 472 g/mol. The molecule has 1 aliphatic heterocycles. The lowest BCUT2D eigenvalue weighted by molar-refractivity contribution is -0.135.